The molecule has 0 aromatic rings. The summed E-state index contributed by atoms with van der Waals surface area (Å²) < 4.78 is 16.4. The molecule has 5 nitrogen and oxygen atoms in total. The van der Waals surface area contributed by atoms with Crippen LogP contribution in [-0.4, -0.2) is 46.7 Å². The van der Waals surface area contributed by atoms with E-state index in [2.05, 4.69) is 5.92 Å². The summed E-state index contributed by atoms with van der Waals surface area (Å²) in [6.45, 7) is 3.15. The first kappa shape index (κ1) is 11.8. The Labute approximate surface area is 94.3 Å². The first-order chi connectivity index (χ1) is 7.43. The Kier molecular flexibility index (Phi) is 2.73. The molecule has 5 heteroatoms. The molecule has 2 heterocycles. The van der Waals surface area contributed by atoms with Crippen molar-refractivity contribution >= 4 is 0 Å². The Bertz CT molecular complexity index is 321. The van der Waals surface area contributed by atoms with Crippen LogP contribution >= 0.6 is 0 Å². The zero-order valence-electron chi connectivity index (χ0n) is 9.34. The van der Waals surface area contributed by atoms with E-state index >= 15 is 0 Å². The Balaban J connectivity index is 2.24. The van der Waals surface area contributed by atoms with Crippen molar-refractivity contribution in [3.05, 3.63) is 0 Å². The van der Waals surface area contributed by atoms with E-state index in [-0.39, 0.29) is 13.0 Å². The summed E-state index contributed by atoms with van der Waals surface area (Å²) in [5.41, 5.74) is -1.39. The molecule has 0 amide bonds. The number of fused-ring (bicyclic) bond motifs is 1. The van der Waals surface area contributed by atoms with Gasteiger partial charge in [-0.25, -0.2) is 0 Å². The van der Waals surface area contributed by atoms with Crippen molar-refractivity contribution < 1.29 is 24.4 Å². The van der Waals surface area contributed by atoms with Crippen LogP contribution in [-0.2, 0) is 14.2 Å². The summed E-state index contributed by atoms with van der Waals surface area (Å²) in [7, 11) is 0. The van der Waals surface area contributed by atoms with Gasteiger partial charge in [0.05, 0.1) is 6.61 Å². The van der Waals surface area contributed by atoms with E-state index in [1.165, 1.54) is 0 Å². The minimum absolute atomic E-state index is 0.0544. The van der Waals surface area contributed by atoms with Crippen molar-refractivity contribution in [3.8, 4) is 12.3 Å². The van der Waals surface area contributed by atoms with Crippen molar-refractivity contribution in [2.45, 2.75) is 50.2 Å². The number of aliphatic hydroxyl groups is 2. The molecule has 0 radical (unpaired) electrons. The fourth-order valence-electron chi connectivity index (χ4n) is 2.21. The molecule has 0 bridgehead atoms. The van der Waals surface area contributed by atoms with Gasteiger partial charge in [-0.1, -0.05) is 0 Å². The predicted octanol–water partition coefficient (Wildman–Crippen LogP) is -0.391. The van der Waals surface area contributed by atoms with Crippen LogP contribution < -0.4 is 0 Å². The van der Waals surface area contributed by atoms with E-state index in [0.717, 1.165) is 0 Å². The van der Waals surface area contributed by atoms with Gasteiger partial charge in [0.1, 0.15) is 17.8 Å². The minimum Gasteiger partial charge on any atom is -0.394 e. The molecule has 2 aliphatic rings. The molecule has 0 unspecified atom stereocenters. The lowest BCUT2D eigenvalue weighted by atomic mass is 9.89. The lowest BCUT2D eigenvalue weighted by molar-refractivity contribution is -0.232. The summed E-state index contributed by atoms with van der Waals surface area (Å²) in [6, 6.07) is 0. The van der Waals surface area contributed by atoms with Crippen molar-refractivity contribution in [1.29, 1.82) is 0 Å². The highest BCUT2D eigenvalue weighted by Gasteiger charge is 2.62. The molecular formula is C11H16O5. The highest BCUT2D eigenvalue weighted by atomic mass is 16.8. The van der Waals surface area contributed by atoms with Crippen molar-refractivity contribution in [2.24, 2.45) is 0 Å². The smallest absolute Gasteiger partial charge is 0.190 e. The van der Waals surface area contributed by atoms with Crippen molar-refractivity contribution in [3.63, 3.8) is 0 Å². The standard InChI is InChI=1S/C11H16O5/c1-4-5-11(13)7(6-12)14-9-8(11)15-10(2,3)16-9/h1,7-9,12-13H,5-6H2,2-3H3/t7-,8+,9+,11-/m1/s1. The van der Waals surface area contributed by atoms with Gasteiger partial charge in [0, 0.05) is 6.42 Å². The number of rotatable bonds is 2. The maximum Gasteiger partial charge on any atom is 0.190 e. The quantitative estimate of drug-likeness (QED) is 0.630. The van der Waals surface area contributed by atoms with Crippen LogP contribution in [0.4, 0.5) is 0 Å². The average Bonchev–Trinajstić information content (AvgIpc) is 2.61. The van der Waals surface area contributed by atoms with E-state index in [0.29, 0.717) is 0 Å². The predicted molar refractivity (Wildman–Crippen MR) is 54.2 cm³/mol. The highest BCUT2D eigenvalue weighted by Crippen LogP contribution is 2.44. The topological polar surface area (TPSA) is 68.2 Å². The summed E-state index contributed by atoms with van der Waals surface area (Å²) in [5.74, 6) is 1.57. The zero-order chi connectivity index (χ0) is 12.0. The lowest BCUT2D eigenvalue weighted by Gasteiger charge is -2.31. The SMILES string of the molecule is C#CC[C@@]1(O)[C@@H](CO)O[C@H]2OC(C)(C)O[C@@H]21. The number of ether oxygens (including phenoxy) is 3. The maximum atomic E-state index is 10.4. The highest BCUT2D eigenvalue weighted by molar-refractivity contribution is 5.10. The Hall–Kier alpha value is -0.640. The van der Waals surface area contributed by atoms with Gasteiger partial charge in [0.15, 0.2) is 12.1 Å². The fraction of sp³-hybridized carbons (Fsp3) is 0.818. The van der Waals surface area contributed by atoms with E-state index in [9.17, 15) is 5.11 Å². The summed E-state index contributed by atoms with van der Waals surface area (Å²) in [5, 5.41) is 19.6. The molecule has 2 N–H and O–H groups in total. The third-order valence-electron chi connectivity index (χ3n) is 2.96. The number of aliphatic hydroxyl groups excluding tert-OH is 1. The van der Waals surface area contributed by atoms with Crippen LogP contribution in [0.1, 0.15) is 20.3 Å². The molecular weight excluding hydrogens is 212 g/mol. The Morgan fingerprint density at radius 1 is 1.38 bits per heavy atom. The van der Waals surface area contributed by atoms with Gasteiger partial charge in [-0.3, -0.25) is 0 Å². The van der Waals surface area contributed by atoms with E-state index in [1.807, 2.05) is 0 Å². The number of hydrogen-bond acceptors (Lipinski definition) is 5. The lowest BCUT2D eigenvalue weighted by Crippen LogP contribution is -2.50. The van der Waals surface area contributed by atoms with Crippen LogP contribution in [0.2, 0.25) is 0 Å². The van der Waals surface area contributed by atoms with Crippen molar-refractivity contribution in [1.82, 2.24) is 0 Å². The van der Waals surface area contributed by atoms with Gasteiger partial charge in [-0.05, 0) is 13.8 Å². The maximum absolute atomic E-state index is 10.4. The molecule has 2 rings (SSSR count). The summed E-state index contributed by atoms with van der Waals surface area (Å²) >= 11 is 0. The second-order valence-corrected chi connectivity index (χ2v) is 4.60. The molecule has 90 valence electrons. The molecule has 2 saturated heterocycles. The van der Waals surface area contributed by atoms with Gasteiger partial charge in [-0.2, -0.15) is 0 Å². The van der Waals surface area contributed by atoms with Gasteiger partial charge < -0.3 is 24.4 Å². The molecule has 0 aromatic heterocycles. The van der Waals surface area contributed by atoms with Crippen LogP contribution in [0, 0.1) is 12.3 Å². The number of hydrogen-bond donors (Lipinski definition) is 2. The molecule has 0 aliphatic carbocycles. The third kappa shape index (κ3) is 1.63. The van der Waals surface area contributed by atoms with Gasteiger partial charge >= 0.3 is 0 Å². The molecule has 16 heavy (non-hydrogen) atoms. The molecule has 0 saturated carbocycles. The fourth-order valence-corrected chi connectivity index (χ4v) is 2.21. The first-order valence-electron chi connectivity index (χ1n) is 5.21. The molecule has 0 aromatic carbocycles. The molecule has 2 fully saturated rings. The van der Waals surface area contributed by atoms with E-state index in [1.54, 1.807) is 13.8 Å². The largest absolute Gasteiger partial charge is 0.394 e. The van der Waals surface area contributed by atoms with Crippen LogP contribution in [0.25, 0.3) is 0 Å². The van der Waals surface area contributed by atoms with Crippen LogP contribution in [0.15, 0.2) is 0 Å². The third-order valence-corrected chi connectivity index (χ3v) is 2.96. The monoisotopic (exact) mass is 228 g/mol. The number of terminal acetylenes is 1. The van der Waals surface area contributed by atoms with Crippen LogP contribution in [0.3, 0.4) is 0 Å². The molecule has 4 atom stereocenters. The van der Waals surface area contributed by atoms with E-state index in [4.69, 9.17) is 25.7 Å². The minimum atomic E-state index is -1.39. The molecule has 0 spiro atoms. The average molecular weight is 228 g/mol. The summed E-state index contributed by atoms with van der Waals surface area (Å²) in [4.78, 5) is 0. The Morgan fingerprint density at radius 2 is 2.06 bits per heavy atom. The van der Waals surface area contributed by atoms with Gasteiger partial charge in [0.25, 0.3) is 0 Å². The second-order valence-electron chi connectivity index (χ2n) is 4.60. The van der Waals surface area contributed by atoms with E-state index < -0.39 is 29.9 Å². The second kappa shape index (κ2) is 3.69. The van der Waals surface area contributed by atoms with Crippen LogP contribution in [0.5, 0.6) is 0 Å². The van der Waals surface area contributed by atoms with Gasteiger partial charge in [0.2, 0.25) is 0 Å². The zero-order valence-corrected chi connectivity index (χ0v) is 9.34. The van der Waals surface area contributed by atoms with Gasteiger partial charge in [-0.15, -0.1) is 12.3 Å². The normalized spacial score (nSPS) is 45.3. The van der Waals surface area contributed by atoms with Crippen molar-refractivity contribution in [2.75, 3.05) is 6.61 Å². The first-order valence-corrected chi connectivity index (χ1v) is 5.21. The molecule has 2 aliphatic heterocycles. The Morgan fingerprint density at radius 3 is 2.62 bits per heavy atom. The summed E-state index contributed by atoms with van der Waals surface area (Å²) in [6.07, 6.45) is 3.17.